The zero-order chi connectivity index (χ0) is 28.3. The molecule has 0 radical (unpaired) electrons. The first-order valence-corrected chi connectivity index (χ1v) is 13.2. The molecule has 1 amide bonds. The molecular formula is C34H31FN2O3. The van der Waals surface area contributed by atoms with Crippen LogP contribution in [0.4, 0.5) is 4.39 Å². The van der Waals surface area contributed by atoms with Gasteiger partial charge in [0.2, 0.25) is 0 Å². The molecule has 2 unspecified atom stereocenters. The third kappa shape index (κ3) is 8.12. The third-order valence-electron chi connectivity index (χ3n) is 6.83. The fraction of sp³-hybridized carbons (Fsp3) is 0.206. The van der Waals surface area contributed by atoms with E-state index in [4.69, 9.17) is 4.74 Å². The Morgan fingerprint density at radius 2 is 1.60 bits per heavy atom. The standard InChI is InChI=1S/C34H31FN2O3/c1-24(38)40-23-31(20-26-9-5-10-27(19-26)22-36)33(18-13-25-7-3-2-4-8-25)37-34(39)29-16-14-28(15-17-29)30-11-6-12-32(35)21-30/h2-12,14-17,19,21,31,33H,13,18,20,23H2,1H3,(H,37,39). The van der Waals surface area contributed by atoms with Crippen LogP contribution in [-0.4, -0.2) is 24.5 Å². The summed E-state index contributed by atoms with van der Waals surface area (Å²) in [6.07, 6.45) is 1.86. The molecule has 0 heterocycles. The summed E-state index contributed by atoms with van der Waals surface area (Å²) in [6, 6.07) is 32.5. The number of benzene rings is 4. The van der Waals surface area contributed by atoms with Gasteiger partial charge in [0.1, 0.15) is 5.82 Å². The molecule has 5 nitrogen and oxygen atoms in total. The molecule has 4 rings (SSSR count). The fourth-order valence-corrected chi connectivity index (χ4v) is 4.74. The van der Waals surface area contributed by atoms with Gasteiger partial charge in [-0.1, -0.05) is 66.7 Å². The molecule has 0 saturated carbocycles. The summed E-state index contributed by atoms with van der Waals surface area (Å²) < 4.78 is 19.1. The normalized spacial score (nSPS) is 12.1. The Bertz CT molecular complexity index is 1480. The van der Waals surface area contributed by atoms with Gasteiger partial charge >= 0.3 is 5.97 Å². The van der Waals surface area contributed by atoms with Crippen LogP contribution in [0.2, 0.25) is 0 Å². The van der Waals surface area contributed by atoms with Crippen LogP contribution >= 0.6 is 0 Å². The van der Waals surface area contributed by atoms with Gasteiger partial charge in [-0.15, -0.1) is 0 Å². The molecular weight excluding hydrogens is 503 g/mol. The van der Waals surface area contributed by atoms with Crippen molar-refractivity contribution in [2.45, 2.75) is 32.2 Å². The number of ether oxygens (including phenoxy) is 1. The van der Waals surface area contributed by atoms with Gasteiger partial charge in [0.25, 0.3) is 5.91 Å². The van der Waals surface area contributed by atoms with Crippen LogP contribution in [0.3, 0.4) is 0 Å². The average Bonchev–Trinajstić information content (AvgIpc) is 2.98. The SMILES string of the molecule is CC(=O)OCC(Cc1cccc(C#N)c1)C(CCc1ccccc1)NC(=O)c1ccc(-c2cccc(F)c2)cc1. The molecule has 40 heavy (non-hydrogen) atoms. The van der Waals surface area contributed by atoms with Crippen molar-refractivity contribution in [1.82, 2.24) is 5.32 Å². The molecule has 4 aromatic rings. The van der Waals surface area contributed by atoms with Crippen molar-refractivity contribution in [2.24, 2.45) is 5.92 Å². The van der Waals surface area contributed by atoms with Crippen molar-refractivity contribution in [3.05, 3.63) is 131 Å². The molecule has 0 fully saturated rings. The summed E-state index contributed by atoms with van der Waals surface area (Å²) in [7, 11) is 0. The fourth-order valence-electron chi connectivity index (χ4n) is 4.74. The van der Waals surface area contributed by atoms with Crippen LogP contribution < -0.4 is 5.32 Å². The Balaban J connectivity index is 1.57. The lowest BCUT2D eigenvalue weighted by Gasteiger charge is -2.28. The maximum Gasteiger partial charge on any atom is 0.302 e. The molecule has 4 aromatic carbocycles. The molecule has 6 heteroatoms. The summed E-state index contributed by atoms with van der Waals surface area (Å²) in [4.78, 5) is 25.2. The first kappa shape index (κ1) is 28.3. The Morgan fingerprint density at radius 3 is 2.30 bits per heavy atom. The van der Waals surface area contributed by atoms with E-state index in [1.807, 2.05) is 54.6 Å². The van der Waals surface area contributed by atoms with E-state index in [9.17, 15) is 19.2 Å². The van der Waals surface area contributed by atoms with E-state index in [1.165, 1.54) is 19.1 Å². The highest BCUT2D eigenvalue weighted by Gasteiger charge is 2.26. The molecule has 0 saturated heterocycles. The highest BCUT2D eigenvalue weighted by atomic mass is 19.1. The minimum absolute atomic E-state index is 0.129. The summed E-state index contributed by atoms with van der Waals surface area (Å²) in [5.41, 5.74) is 4.62. The van der Waals surface area contributed by atoms with Crippen molar-refractivity contribution < 1.29 is 18.7 Å². The van der Waals surface area contributed by atoms with Crippen LogP contribution in [0.25, 0.3) is 11.1 Å². The zero-order valence-electron chi connectivity index (χ0n) is 22.3. The zero-order valence-corrected chi connectivity index (χ0v) is 22.3. The Labute approximate surface area is 234 Å². The first-order valence-electron chi connectivity index (χ1n) is 13.2. The van der Waals surface area contributed by atoms with Crippen LogP contribution in [0.5, 0.6) is 0 Å². The van der Waals surface area contributed by atoms with Gasteiger partial charge in [-0.05, 0) is 77.9 Å². The number of esters is 1. The first-order chi connectivity index (χ1) is 19.4. The second kappa shape index (κ2) is 13.9. The number of hydrogen-bond acceptors (Lipinski definition) is 4. The van der Waals surface area contributed by atoms with E-state index in [0.29, 0.717) is 24.0 Å². The number of halogens is 1. The van der Waals surface area contributed by atoms with Gasteiger partial charge in [0.05, 0.1) is 18.2 Å². The average molecular weight is 535 g/mol. The molecule has 2 atom stereocenters. The topological polar surface area (TPSA) is 79.2 Å². The number of aryl methyl sites for hydroxylation is 1. The maximum absolute atomic E-state index is 13.7. The van der Waals surface area contributed by atoms with Gasteiger partial charge < -0.3 is 10.1 Å². The maximum atomic E-state index is 13.7. The van der Waals surface area contributed by atoms with Crippen molar-refractivity contribution in [3.63, 3.8) is 0 Å². The highest BCUT2D eigenvalue weighted by molar-refractivity contribution is 5.95. The lowest BCUT2D eigenvalue weighted by Crippen LogP contribution is -2.43. The molecule has 0 spiro atoms. The van der Waals surface area contributed by atoms with Crippen molar-refractivity contribution >= 4 is 11.9 Å². The number of carbonyl (C=O) groups excluding carboxylic acids is 2. The largest absolute Gasteiger partial charge is 0.465 e. The molecule has 202 valence electrons. The van der Waals surface area contributed by atoms with Crippen LogP contribution in [0.1, 0.15) is 40.4 Å². The van der Waals surface area contributed by atoms with Crippen LogP contribution in [0, 0.1) is 23.1 Å². The molecule has 0 bridgehead atoms. The number of amides is 1. The number of rotatable bonds is 11. The highest BCUT2D eigenvalue weighted by Crippen LogP contribution is 2.22. The second-order valence-corrected chi connectivity index (χ2v) is 9.77. The number of carbonyl (C=O) groups is 2. The summed E-state index contributed by atoms with van der Waals surface area (Å²) in [5.74, 6) is -1.18. The van der Waals surface area contributed by atoms with Crippen molar-refractivity contribution in [1.29, 1.82) is 5.26 Å². The van der Waals surface area contributed by atoms with Gasteiger partial charge in [-0.25, -0.2) is 4.39 Å². The minimum atomic E-state index is -0.392. The van der Waals surface area contributed by atoms with Crippen LogP contribution in [-0.2, 0) is 22.4 Å². The minimum Gasteiger partial charge on any atom is -0.465 e. The van der Waals surface area contributed by atoms with Gasteiger partial charge in [-0.2, -0.15) is 5.26 Å². The summed E-state index contributed by atoms with van der Waals surface area (Å²) >= 11 is 0. The van der Waals surface area contributed by atoms with E-state index in [1.54, 1.807) is 36.4 Å². The second-order valence-electron chi connectivity index (χ2n) is 9.77. The summed E-state index contributed by atoms with van der Waals surface area (Å²) in [5, 5.41) is 12.5. The lowest BCUT2D eigenvalue weighted by atomic mass is 9.88. The number of nitrogens with one attached hydrogen (secondary N) is 1. The number of hydrogen-bond donors (Lipinski definition) is 1. The lowest BCUT2D eigenvalue weighted by molar-refractivity contribution is -0.142. The molecule has 1 N–H and O–H groups in total. The number of nitrogens with zero attached hydrogens (tertiary/aromatic N) is 1. The van der Waals surface area contributed by atoms with Crippen molar-refractivity contribution in [3.8, 4) is 17.2 Å². The predicted octanol–water partition coefficient (Wildman–Crippen LogP) is 6.52. The molecule has 0 aliphatic carbocycles. The van der Waals surface area contributed by atoms with Gasteiger partial charge in [0.15, 0.2) is 0 Å². The third-order valence-corrected chi connectivity index (χ3v) is 6.83. The van der Waals surface area contributed by atoms with E-state index < -0.39 is 5.97 Å². The van der Waals surface area contributed by atoms with E-state index in [0.717, 1.165) is 28.7 Å². The van der Waals surface area contributed by atoms with E-state index in [-0.39, 0.29) is 30.3 Å². The number of nitriles is 1. The monoisotopic (exact) mass is 534 g/mol. The smallest absolute Gasteiger partial charge is 0.302 e. The summed E-state index contributed by atoms with van der Waals surface area (Å²) in [6.45, 7) is 1.50. The Hall–Kier alpha value is -4.76. The quantitative estimate of drug-likeness (QED) is 0.222. The van der Waals surface area contributed by atoms with Crippen LogP contribution in [0.15, 0.2) is 103 Å². The Morgan fingerprint density at radius 1 is 0.875 bits per heavy atom. The van der Waals surface area contributed by atoms with Crippen molar-refractivity contribution in [2.75, 3.05) is 6.61 Å². The van der Waals surface area contributed by atoms with Gasteiger partial charge in [-0.3, -0.25) is 9.59 Å². The van der Waals surface area contributed by atoms with Gasteiger partial charge in [0, 0.05) is 24.4 Å². The molecule has 0 aromatic heterocycles. The molecule has 0 aliphatic rings. The Kier molecular flexibility index (Phi) is 9.79. The molecule has 0 aliphatic heterocycles. The van der Waals surface area contributed by atoms with E-state index in [2.05, 4.69) is 11.4 Å². The predicted molar refractivity (Wildman–Crippen MR) is 153 cm³/mol. The van der Waals surface area contributed by atoms with E-state index >= 15 is 0 Å².